The van der Waals surface area contributed by atoms with Gasteiger partial charge in [0.25, 0.3) is 5.56 Å². The normalized spacial score (nSPS) is 11.0. The molecule has 0 bridgehead atoms. The van der Waals surface area contributed by atoms with Crippen molar-refractivity contribution in [2.24, 2.45) is 0 Å². The minimum absolute atomic E-state index is 0.0245. The molecule has 3 aromatic rings. The molecule has 0 saturated heterocycles. The molecule has 0 unspecified atom stereocenters. The number of carbonyl (C=O) groups is 1. The second-order valence-electron chi connectivity index (χ2n) is 8.34. The molecule has 0 saturated carbocycles. The van der Waals surface area contributed by atoms with Crippen LogP contribution in [0, 0.1) is 0 Å². The lowest BCUT2D eigenvalue weighted by molar-refractivity contribution is -0.149. The third-order valence-corrected chi connectivity index (χ3v) is 5.32. The van der Waals surface area contributed by atoms with E-state index in [9.17, 15) is 9.59 Å². The van der Waals surface area contributed by atoms with Gasteiger partial charge in [-0.1, -0.05) is 32.0 Å². The topological polar surface area (TPSA) is 143 Å². The highest BCUT2D eigenvalue weighted by Gasteiger charge is 2.17. The monoisotopic (exact) mass is 480 g/mol. The van der Waals surface area contributed by atoms with Crippen molar-refractivity contribution in [3.8, 4) is 34.0 Å². The van der Waals surface area contributed by atoms with Crippen LogP contribution >= 0.6 is 0 Å². The Morgan fingerprint density at radius 2 is 1.77 bits per heavy atom. The number of esters is 1. The van der Waals surface area contributed by atoms with Crippen LogP contribution < -0.4 is 26.5 Å². The highest BCUT2D eigenvalue weighted by molar-refractivity contribution is 5.75. The molecular weight excluding hydrogens is 448 g/mol. The molecule has 0 amide bonds. The van der Waals surface area contributed by atoms with E-state index in [1.54, 1.807) is 19.9 Å². The highest BCUT2D eigenvalue weighted by atomic mass is 16.6. The van der Waals surface area contributed by atoms with E-state index in [1.807, 2.05) is 50.2 Å². The van der Waals surface area contributed by atoms with E-state index < -0.39 is 11.5 Å². The molecule has 9 heteroatoms. The summed E-state index contributed by atoms with van der Waals surface area (Å²) in [6.07, 6.45) is 1.39. The van der Waals surface area contributed by atoms with Crippen LogP contribution in [0.4, 0.5) is 11.5 Å². The van der Waals surface area contributed by atoms with E-state index in [0.717, 1.165) is 24.0 Å². The molecule has 0 aliphatic carbocycles. The van der Waals surface area contributed by atoms with Crippen molar-refractivity contribution in [2.75, 3.05) is 18.1 Å². The van der Waals surface area contributed by atoms with Crippen molar-refractivity contribution >= 4 is 17.5 Å². The molecular formula is C26H32N4O5. The average molecular weight is 481 g/mol. The summed E-state index contributed by atoms with van der Waals surface area (Å²) in [5.41, 5.74) is 13.2. The summed E-state index contributed by atoms with van der Waals surface area (Å²) in [7, 11) is 0. The molecule has 186 valence electrons. The molecule has 9 nitrogen and oxygen atoms in total. The summed E-state index contributed by atoms with van der Waals surface area (Å²) >= 11 is 0. The second-order valence-corrected chi connectivity index (χ2v) is 8.34. The maximum Gasteiger partial charge on any atom is 0.344 e. The van der Waals surface area contributed by atoms with Gasteiger partial charge in [0.2, 0.25) is 0 Å². The van der Waals surface area contributed by atoms with Crippen molar-refractivity contribution in [3.63, 3.8) is 0 Å². The lowest BCUT2D eigenvalue weighted by atomic mass is 10.0. The molecule has 2 aromatic carbocycles. The highest BCUT2D eigenvalue weighted by Crippen LogP contribution is 2.35. The van der Waals surface area contributed by atoms with Crippen LogP contribution in [0.15, 0.2) is 47.3 Å². The first kappa shape index (κ1) is 25.6. The maximum atomic E-state index is 12.2. The molecule has 0 aliphatic heterocycles. The van der Waals surface area contributed by atoms with Crippen LogP contribution in [0.3, 0.4) is 0 Å². The van der Waals surface area contributed by atoms with Gasteiger partial charge in [0.1, 0.15) is 23.0 Å². The van der Waals surface area contributed by atoms with Crippen LogP contribution in [-0.4, -0.2) is 34.8 Å². The number of aromatic amines is 1. The summed E-state index contributed by atoms with van der Waals surface area (Å²) in [5.74, 6) is 0.888. The van der Waals surface area contributed by atoms with E-state index in [0.29, 0.717) is 17.1 Å². The fourth-order valence-corrected chi connectivity index (χ4v) is 3.46. The number of H-pyrrole nitrogens is 1. The van der Waals surface area contributed by atoms with Gasteiger partial charge in [-0.15, -0.1) is 0 Å². The Kier molecular flexibility index (Phi) is 8.35. The van der Waals surface area contributed by atoms with Crippen molar-refractivity contribution < 1.29 is 19.0 Å². The van der Waals surface area contributed by atoms with E-state index in [1.165, 1.54) is 0 Å². The van der Waals surface area contributed by atoms with Crippen LogP contribution in [0.5, 0.6) is 11.5 Å². The van der Waals surface area contributed by atoms with Gasteiger partial charge in [-0.2, -0.15) is 0 Å². The molecule has 5 N–H and O–H groups in total. The Balaban J connectivity index is 1.97. The van der Waals surface area contributed by atoms with Gasteiger partial charge < -0.3 is 30.7 Å². The van der Waals surface area contributed by atoms with Gasteiger partial charge in [-0.3, -0.25) is 4.79 Å². The largest absolute Gasteiger partial charge is 0.490 e. The lowest BCUT2D eigenvalue weighted by Gasteiger charge is -2.19. The number of aromatic nitrogens is 2. The summed E-state index contributed by atoms with van der Waals surface area (Å²) in [5, 5.41) is 0. The summed E-state index contributed by atoms with van der Waals surface area (Å²) in [6, 6.07) is 13.0. The van der Waals surface area contributed by atoms with Gasteiger partial charge in [-0.25, -0.2) is 9.78 Å². The molecule has 1 heterocycles. The number of benzene rings is 2. The number of ether oxygens (including phenoxy) is 3. The number of nitrogens with two attached hydrogens (primary N) is 2. The van der Waals surface area contributed by atoms with Gasteiger partial charge >= 0.3 is 5.97 Å². The molecule has 0 aliphatic rings. The third kappa shape index (κ3) is 6.53. The predicted octanol–water partition coefficient (Wildman–Crippen LogP) is 4.17. The first-order chi connectivity index (χ1) is 16.7. The summed E-state index contributed by atoms with van der Waals surface area (Å²) < 4.78 is 17.0. The number of hydrogen-bond donors (Lipinski definition) is 3. The summed E-state index contributed by atoms with van der Waals surface area (Å²) in [6.45, 7) is 7.48. The molecule has 0 radical (unpaired) electrons. The lowest BCUT2D eigenvalue weighted by Crippen LogP contribution is -2.18. The van der Waals surface area contributed by atoms with Crippen LogP contribution in [0.2, 0.25) is 0 Å². The Morgan fingerprint density at radius 1 is 1.06 bits per heavy atom. The summed E-state index contributed by atoms with van der Waals surface area (Å²) in [4.78, 5) is 30.9. The number of nitrogen functional groups attached to an aromatic ring is 2. The fraction of sp³-hybridized carbons (Fsp3) is 0.346. The van der Waals surface area contributed by atoms with Gasteiger partial charge in [0.05, 0.1) is 17.8 Å². The second kappa shape index (κ2) is 11.4. The predicted molar refractivity (Wildman–Crippen MR) is 136 cm³/mol. The van der Waals surface area contributed by atoms with Gasteiger partial charge in [0, 0.05) is 0 Å². The van der Waals surface area contributed by atoms with Crippen molar-refractivity contribution in [1.82, 2.24) is 9.97 Å². The van der Waals surface area contributed by atoms with E-state index in [2.05, 4.69) is 9.97 Å². The number of carbonyl (C=O) groups excluding carboxylic acids is 1. The molecule has 1 aromatic heterocycles. The van der Waals surface area contributed by atoms with Crippen LogP contribution in [0.25, 0.3) is 22.5 Å². The number of rotatable bonds is 10. The Hall–Kier alpha value is -4.01. The molecule has 0 spiro atoms. The van der Waals surface area contributed by atoms with Crippen LogP contribution in [0.1, 0.15) is 40.5 Å². The quantitative estimate of drug-likeness (QED) is 0.367. The van der Waals surface area contributed by atoms with Crippen molar-refractivity contribution in [1.29, 1.82) is 0 Å². The Morgan fingerprint density at radius 3 is 2.43 bits per heavy atom. The Bertz CT molecular complexity index is 1230. The van der Waals surface area contributed by atoms with Crippen LogP contribution in [-0.2, 0) is 9.53 Å². The average Bonchev–Trinajstić information content (AvgIpc) is 2.84. The number of anilines is 2. The first-order valence-electron chi connectivity index (χ1n) is 11.6. The minimum Gasteiger partial charge on any atom is -0.490 e. The molecule has 35 heavy (non-hydrogen) atoms. The zero-order valence-corrected chi connectivity index (χ0v) is 20.5. The van der Waals surface area contributed by atoms with Gasteiger partial charge in [-0.05, 0) is 62.1 Å². The van der Waals surface area contributed by atoms with E-state index >= 15 is 0 Å². The SMILES string of the molecule is CCC(CC)Oc1cc(-c2cccc(OCC(=O)OC(C)C)c2)ccc1-c1nc(N)c(N)c(=O)[nH]1. The first-order valence-corrected chi connectivity index (χ1v) is 11.6. The smallest absolute Gasteiger partial charge is 0.344 e. The standard InChI is InChI=1S/C26H32N4O5/c1-5-18(6-2)35-21-13-17(10-11-20(21)25-29-24(28)23(27)26(32)30-25)16-8-7-9-19(12-16)33-14-22(31)34-15(3)4/h7-13,15,18H,5-6,14,27H2,1-4H3,(H3,28,29,30,32). The van der Waals surface area contributed by atoms with Crippen molar-refractivity contribution in [3.05, 3.63) is 52.8 Å². The zero-order valence-electron chi connectivity index (χ0n) is 20.5. The zero-order chi connectivity index (χ0) is 25.5. The van der Waals surface area contributed by atoms with Gasteiger partial charge in [0.15, 0.2) is 12.4 Å². The van der Waals surface area contributed by atoms with E-state index in [-0.39, 0.29) is 36.1 Å². The number of nitrogens with one attached hydrogen (secondary N) is 1. The molecule has 0 fully saturated rings. The molecule has 0 atom stereocenters. The number of hydrogen-bond acceptors (Lipinski definition) is 8. The third-order valence-electron chi connectivity index (χ3n) is 5.32. The minimum atomic E-state index is -0.508. The van der Waals surface area contributed by atoms with Crippen molar-refractivity contribution in [2.45, 2.75) is 52.7 Å². The molecule has 3 rings (SSSR count). The fourth-order valence-electron chi connectivity index (χ4n) is 3.46. The maximum absolute atomic E-state index is 12.2. The van der Waals surface area contributed by atoms with E-state index in [4.69, 9.17) is 25.7 Å². The number of nitrogens with zero attached hydrogens (tertiary/aromatic N) is 1. The Labute approximate surface area is 204 Å².